The number of rotatable bonds is 12. The number of carbonyl (C=O) groups is 2. The van der Waals surface area contributed by atoms with E-state index in [9.17, 15) is 9.59 Å². The second-order valence-electron chi connectivity index (χ2n) is 10.3. The molecule has 0 radical (unpaired) electrons. The molecule has 38 heavy (non-hydrogen) atoms. The van der Waals surface area contributed by atoms with Gasteiger partial charge in [-0.2, -0.15) is 4.98 Å². The first-order chi connectivity index (χ1) is 18.6. The lowest BCUT2D eigenvalue weighted by Gasteiger charge is -2.29. The number of ether oxygens (including phenoxy) is 1. The maximum atomic E-state index is 13.7. The summed E-state index contributed by atoms with van der Waals surface area (Å²) in [5.74, 6) is 2.11. The number of esters is 1. The smallest absolute Gasteiger partial charge is 0.360 e. The van der Waals surface area contributed by atoms with Gasteiger partial charge in [-0.05, 0) is 63.6 Å². The highest BCUT2D eigenvalue weighted by Gasteiger charge is 2.29. The van der Waals surface area contributed by atoms with Gasteiger partial charge in [0.05, 0.1) is 6.61 Å². The Balaban J connectivity index is 1.25. The van der Waals surface area contributed by atoms with Crippen LogP contribution in [0.4, 0.5) is 5.69 Å². The van der Waals surface area contributed by atoms with E-state index in [0.29, 0.717) is 29.8 Å². The Bertz CT molecular complexity index is 1230. The maximum absolute atomic E-state index is 13.7. The quantitative estimate of drug-likeness (QED) is 0.208. The van der Waals surface area contributed by atoms with E-state index in [2.05, 4.69) is 15.1 Å². The summed E-state index contributed by atoms with van der Waals surface area (Å²) in [6.07, 6.45) is 12.4. The zero-order valence-electron chi connectivity index (χ0n) is 22.1. The van der Waals surface area contributed by atoms with Crippen LogP contribution in [0, 0.1) is 5.92 Å². The SMILES string of the molecule is CCOC(=O)c1coc(-c2cccc(N(CCCCCc3nc(C4CC4)no3)C(=O)C3CCCCC3)c2)n1. The van der Waals surface area contributed by atoms with Gasteiger partial charge >= 0.3 is 5.97 Å². The summed E-state index contributed by atoms with van der Waals surface area (Å²) < 4.78 is 16.0. The van der Waals surface area contributed by atoms with Crippen LogP contribution in [0.1, 0.15) is 99.3 Å². The molecule has 0 spiro atoms. The lowest BCUT2D eigenvalue weighted by atomic mass is 9.88. The molecule has 0 bridgehead atoms. The van der Waals surface area contributed by atoms with E-state index in [0.717, 1.165) is 75.7 Å². The number of oxazole rings is 1. The molecule has 0 N–H and O–H groups in total. The lowest BCUT2D eigenvalue weighted by Crippen LogP contribution is -2.38. The Morgan fingerprint density at radius 2 is 1.89 bits per heavy atom. The van der Waals surface area contributed by atoms with Gasteiger partial charge in [0, 0.05) is 36.1 Å². The van der Waals surface area contributed by atoms with Crippen LogP contribution in [0.25, 0.3) is 11.5 Å². The van der Waals surface area contributed by atoms with Crippen LogP contribution in [0.15, 0.2) is 39.5 Å². The number of unbranched alkanes of at least 4 members (excludes halogenated alkanes) is 2. The van der Waals surface area contributed by atoms with Crippen molar-refractivity contribution in [1.82, 2.24) is 15.1 Å². The number of aromatic nitrogens is 3. The molecule has 2 heterocycles. The van der Waals surface area contributed by atoms with Crippen molar-refractivity contribution in [1.29, 1.82) is 0 Å². The standard InChI is InChI=1S/C29H36N4O5/c1-2-36-29(35)24-19-37-27(30-24)22-12-9-13-23(18-22)33(28(34)21-10-5-3-6-11-21)17-8-4-7-14-25-31-26(32-38-25)20-15-16-20/h9,12-13,18-21H,2-8,10-11,14-17H2,1H3. The summed E-state index contributed by atoms with van der Waals surface area (Å²) in [5.41, 5.74) is 1.66. The number of hydrogen-bond donors (Lipinski definition) is 0. The summed E-state index contributed by atoms with van der Waals surface area (Å²) in [4.78, 5) is 36.4. The minimum Gasteiger partial charge on any atom is -0.461 e. The van der Waals surface area contributed by atoms with Crippen molar-refractivity contribution >= 4 is 17.6 Å². The van der Waals surface area contributed by atoms with Gasteiger partial charge < -0.3 is 18.6 Å². The summed E-state index contributed by atoms with van der Waals surface area (Å²) >= 11 is 0. The molecule has 1 aromatic carbocycles. The third-order valence-corrected chi connectivity index (χ3v) is 7.31. The highest BCUT2D eigenvalue weighted by Crippen LogP contribution is 2.38. The summed E-state index contributed by atoms with van der Waals surface area (Å²) in [5, 5.41) is 4.10. The molecule has 2 fully saturated rings. The average Bonchev–Trinajstić information content (AvgIpc) is 3.48. The molecular weight excluding hydrogens is 484 g/mol. The minimum absolute atomic E-state index is 0.0591. The minimum atomic E-state index is -0.517. The first-order valence-electron chi connectivity index (χ1n) is 14.0. The van der Waals surface area contributed by atoms with Gasteiger partial charge in [0.1, 0.15) is 6.26 Å². The average molecular weight is 521 g/mol. The summed E-state index contributed by atoms with van der Waals surface area (Å²) in [6.45, 7) is 2.65. The van der Waals surface area contributed by atoms with Gasteiger partial charge in [-0.3, -0.25) is 4.79 Å². The molecule has 0 saturated heterocycles. The number of nitrogens with zero attached hydrogens (tertiary/aromatic N) is 4. The third-order valence-electron chi connectivity index (χ3n) is 7.31. The lowest BCUT2D eigenvalue weighted by molar-refractivity contribution is -0.123. The molecule has 5 rings (SSSR count). The van der Waals surface area contributed by atoms with E-state index in [1.54, 1.807) is 6.92 Å². The molecule has 2 aliphatic carbocycles. The number of hydrogen-bond acceptors (Lipinski definition) is 8. The third kappa shape index (κ3) is 6.49. The zero-order valence-corrected chi connectivity index (χ0v) is 22.1. The normalized spacial score (nSPS) is 15.9. The highest BCUT2D eigenvalue weighted by atomic mass is 16.5. The van der Waals surface area contributed by atoms with E-state index in [-0.39, 0.29) is 24.1 Å². The van der Waals surface area contributed by atoms with Gasteiger partial charge in [0.2, 0.25) is 17.7 Å². The van der Waals surface area contributed by atoms with Gasteiger partial charge in [0.25, 0.3) is 0 Å². The fraction of sp³-hybridized carbons (Fsp3) is 0.552. The molecule has 202 valence electrons. The molecule has 2 saturated carbocycles. The first kappa shape index (κ1) is 26.1. The van der Waals surface area contributed by atoms with E-state index >= 15 is 0 Å². The maximum Gasteiger partial charge on any atom is 0.360 e. The Kier molecular flexibility index (Phi) is 8.51. The Morgan fingerprint density at radius 3 is 2.68 bits per heavy atom. The molecule has 0 atom stereocenters. The van der Waals surface area contributed by atoms with Gasteiger partial charge in [-0.1, -0.05) is 36.9 Å². The molecule has 0 unspecified atom stereocenters. The monoisotopic (exact) mass is 520 g/mol. The van der Waals surface area contributed by atoms with Crippen molar-refractivity contribution in [3.63, 3.8) is 0 Å². The molecule has 9 nitrogen and oxygen atoms in total. The van der Waals surface area contributed by atoms with Crippen molar-refractivity contribution in [3.05, 3.63) is 47.9 Å². The number of anilines is 1. The molecule has 3 aromatic rings. The van der Waals surface area contributed by atoms with Crippen LogP contribution < -0.4 is 4.90 Å². The van der Waals surface area contributed by atoms with E-state index in [1.807, 2.05) is 29.2 Å². The van der Waals surface area contributed by atoms with Crippen LogP contribution in [0.2, 0.25) is 0 Å². The van der Waals surface area contributed by atoms with Crippen molar-refractivity contribution < 1.29 is 23.3 Å². The second-order valence-corrected chi connectivity index (χ2v) is 10.3. The zero-order chi connectivity index (χ0) is 26.3. The molecule has 2 aromatic heterocycles. The number of benzene rings is 1. The van der Waals surface area contributed by atoms with Crippen molar-refractivity contribution in [2.45, 2.75) is 83.5 Å². The van der Waals surface area contributed by atoms with Crippen LogP contribution in [-0.2, 0) is 16.0 Å². The van der Waals surface area contributed by atoms with Crippen LogP contribution in [-0.4, -0.2) is 40.2 Å². The Labute approximate surface area is 222 Å². The summed E-state index contributed by atoms with van der Waals surface area (Å²) in [6, 6.07) is 7.64. The number of aryl methyl sites for hydroxylation is 1. The fourth-order valence-electron chi connectivity index (χ4n) is 5.05. The van der Waals surface area contributed by atoms with E-state index in [1.165, 1.54) is 12.7 Å². The van der Waals surface area contributed by atoms with Crippen molar-refractivity contribution in [3.8, 4) is 11.5 Å². The molecule has 1 amide bonds. The number of carbonyl (C=O) groups excluding carboxylic acids is 2. The van der Waals surface area contributed by atoms with E-state index in [4.69, 9.17) is 13.7 Å². The van der Waals surface area contributed by atoms with Crippen molar-refractivity contribution in [2.24, 2.45) is 5.92 Å². The van der Waals surface area contributed by atoms with Gasteiger partial charge in [0.15, 0.2) is 11.5 Å². The molecular formula is C29H36N4O5. The molecule has 0 aliphatic heterocycles. The van der Waals surface area contributed by atoms with Gasteiger partial charge in [-0.15, -0.1) is 0 Å². The second kappa shape index (κ2) is 12.4. The van der Waals surface area contributed by atoms with E-state index < -0.39 is 5.97 Å². The van der Waals surface area contributed by atoms with Crippen LogP contribution in [0.5, 0.6) is 0 Å². The fourth-order valence-corrected chi connectivity index (χ4v) is 5.05. The molecule has 2 aliphatic rings. The summed E-state index contributed by atoms with van der Waals surface area (Å²) in [7, 11) is 0. The Morgan fingerprint density at radius 1 is 1.05 bits per heavy atom. The van der Waals surface area contributed by atoms with Crippen LogP contribution in [0.3, 0.4) is 0 Å². The van der Waals surface area contributed by atoms with Gasteiger partial charge in [-0.25, -0.2) is 9.78 Å². The largest absolute Gasteiger partial charge is 0.461 e. The highest BCUT2D eigenvalue weighted by molar-refractivity contribution is 5.95. The predicted octanol–water partition coefficient (Wildman–Crippen LogP) is 6.11. The molecule has 9 heteroatoms. The Hall–Kier alpha value is -3.49. The topological polar surface area (TPSA) is 112 Å². The predicted molar refractivity (Wildman–Crippen MR) is 141 cm³/mol. The number of amides is 1. The van der Waals surface area contributed by atoms with Crippen LogP contribution >= 0.6 is 0 Å². The van der Waals surface area contributed by atoms with Crippen molar-refractivity contribution in [2.75, 3.05) is 18.1 Å². The first-order valence-corrected chi connectivity index (χ1v) is 14.0.